The average molecular weight is 454 g/mol. The molecule has 0 bridgehead atoms. The Morgan fingerprint density at radius 3 is 2.25 bits per heavy atom. The van der Waals surface area contributed by atoms with E-state index < -0.39 is 22.5 Å². The van der Waals surface area contributed by atoms with E-state index >= 15 is 0 Å². The van der Waals surface area contributed by atoms with Crippen molar-refractivity contribution in [2.24, 2.45) is 5.10 Å². The summed E-state index contributed by atoms with van der Waals surface area (Å²) in [7, 11) is -0.948. The van der Waals surface area contributed by atoms with Crippen LogP contribution in [0.1, 0.15) is 5.56 Å². The largest absolute Gasteiger partial charge is 0.497 e. The smallest absolute Gasteiger partial charge is 0.264 e. The number of carbonyl (C=O) groups is 1. The van der Waals surface area contributed by atoms with Gasteiger partial charge in [-0.3, -0.25) is 9.10 Å². The maximum atomic E-state index is 13.3. The van der Waals surface area contributed by atoms with E-state index in [4.69, 9.17) is 9.47 Å². The lowest BCUT2D eigenvalue weighted by molar-refractivity contribution is -0.119. The number of para-hydroxylation sites is 1. The molecule has 3 aromatic rings. The van der Waals surface area contributed by atoms with Crippen LogP contribution in [0.15, 0.2) is 88.9 Å². The standard InChI is InChI=1S/C23H23N3O5S/c1-30-20-14-12-19(13-15-20)26(32(28,29)21-9-4-3-5-10-21)17-23(27)25-24-16-18-8-6-7-11-22(18)31-2/h3-16H,17H2,1-2H3,(H,25,27)/b24-16-. The van der Waals surface area contributed by atoms with E-state index in [1.54, 1.807) is 54.6 Å². The van der Waals surface area contributed by atoms with Crippen LogP contribution in [0, 0.1) is 0 Å². The molecule has 166 valence electrons. The average Bonchev–Trinajstić information content (AvgIpc) is 2.83. The number of rotatable bonds is 9. The predicted molar refractivity (Wildman–Crippen MR) is 123 cm³/mol. The normalized spacial score (nSPS) is 11.2. The molecule has 0 aromatic heterocycles. The molecule has 0 aliphatic heterocycles. The molecule has 0 heterocycles. The molecular formula is C23H23N3O5S. The lowest BCUT2D eigenvalue weighted by Crippen LogP contribution is -2.39. The van der Waals surface area contributed by atoms with E-state index in [1.165, 1.54) is 32.6 Å². The monoisotopic (exact) mass is 453 g/mol. The van der Waals surface area contributed by atoms with Gasteiger partial charge in [0.05, 0.1) is 31.0 Å². The number of hydrogen-bond donors (Lipinski definition) is 1. The Morgan fingerprint density at radius 2 is 1.59 bits per heavy atom. The first kappa shape index (κ1) is 22.8. The summed E-state index contributed by atoms with van der Waals surface area (Å²) in [4.78, 5) is 12.7. The summed E-state index contributed by atoms with van der Waals surface area (Å²) in [5, 5.41) is 3.93. The van der Waals surface area contributed by atoms with Crippen molar-refractivity contribution in [1.82, 2.24) is 5.43 Å². The number of methoxy groups -OCH3 is 2. The Hall–Kier alpha value is -3.85. The maximum absolute atomic E-state index is 13.3. The molecule has 0 aliphatic carbocycles. The molecule has 0 spiro atoms. The molecule has 0 fully saturated rings. The second-order valence-electron chi connectivity index (χ2n) is 6.56. The molecule has 1 amide bonds. The van der Waals surface area contributed by atoms with E-state index in [9.17, 15) is 13.2 Å². The first-order valence-corrected chi connectivity index (χ1v) is 11.1. The molecule has 9 heteroatoms. The zero-order chi connectivity index (χ0) is 23.0. The summed E-state index contributed by atoms with van der Waals surface area (Å²) in [6.45, 7) is -0.465. The summed E-state index contributed by atoms with van der Waals surface area (Å²) in [6, 6.07) is 21.5. The third-order valence-corrected chi connectivity index (χ3v) is 6.30. The number of amides is 1. The summed E-state index contributed by atoms with van der Waals surface area (Å²) in [5.74, 6) is 0.556. The third kappa shape index (κ3) is 5.44. The van der Waals surface area contributed by atoms with Crippen molar-refractivity contribution in [2.75, 3.05) is 25.1 Å². The van der Waals surface area contributed by atoms with Gasteiger partial charge in [0.1, 0.15) is 18.0 Å². The number of hydrogen-bond acceptors (Lipinski definition) is 6. The van der Waals surface area contributed by atoms with E-state index in [0.29, 0.717) is 22.7 Å². The Labute approximate surface area is 187 Å². The Balaban J connectivity index is 1.83. The molecule has 0 radical (unpaired) electrons. The molecule has 0 aliphatic rings. The van der Waals surface area contributed by atoms with Crippen molar-refractivity contribution in [1.29, 1.82) is 0 Å². The number of nitrogens with one attached hydrogen (secondary N) is 1. The first-order chi connectivity index (χ1) is 15.5. The second-order valence-corrected chi connectivity index (χ2v) is 8.42. The fourth-order valence-electron chi connectivity index (χ4n) is 2.90. The van der Waals surface area contributed by atoms with E-state index in [-0.39, 0.29) is 4.90 Å². The maximum Gasteiger partial charge on any atom is 0.264 e. The minimum absolute atomic E-state index is 0.0705. The first-order valence-electron chi connectivity index (χ1n) is 9.62. The van der Waals surface area contributed by atoms with Crippen molar-refractivity contribution in [3.05, 3.63) is 84.4 Å². The molecule has 3 rings (SSSR count). The van der Waals surface area contributed by atoms with Crippen LogP contribution >= 0.6 is 0 Å². The van der Waals surface area contributed by atoms with Crippen LogP contribution in [0.2, 0.25) is 0 Å². The van der Waals surface area contributed by atoms with Gasteiger partial charge in [-0.05, 0) is 48.5 Å². The fraction of sp³-hybridized carbons (Fsp3) is 0.130. The molecule has 0 saturated heterocycles. The van der Waals surface area contributed by atoms with Crippen molar-refractivity contribution in [2.45, 2.75) is 4.90 Å². The van der Waals surface area contributed by atoms with Crippen molar-refractivity contribution in [3.63, 3.8) is 0 Å². The van der Waals surface area contributed by atoms with Crippen molar-refractivity contribution < 1.29 is 22.7 Å². The zero-order valence-corrected chi connectivity index (χ0v) is 18.5. The lowest BCUT2D eigenvalue weighted by Gasteiger charge is -2.23. The van der Waals surface area contributed by atoms with Crippen LogP contribution in [0.5, 0.6) is 11.5 Å². The number of nitrogens with zero attached hydrogens (tertiary/aromatic N) is 2. The molecule has 3 aromatic carbocycles. The van der Waals surface area contributed by atoms with E-state index in [2.05, 4.69) is 10.5 Å². The summed E-state index contributed by atoms with van der Waals surface area (Å²) >= 11 is 0. The number of anilines is 1. The van der Waals surface area contributed by atoms with Crippen molar-refractivity contribution in [3.8, 4) is 11.5 Å². The molecule has 0 unspecified atom stereocenters. The SMILES string of the molecule is COc1ccc(N(CC(=O)N/N=C\c2ccccc2OC)S(=O)(=O)c2ccccc2)cc1. The zero-order valence-electron chi connectivity index (χ0n) is 17.6. The minimum atomic E-state index is -4.00. The van der Waals surface area contributed by atoms with Gasteiger partial charge in [-0.2, -0.15) is 5.10 Å². The third-order valence-electron chi connectivity index (χ3n) is 4.51. The number of ether oxygens (including phenoxy) is 2. The van der Waals surface area contributed by atoms with Gasteiger partial charge in [-0.1, -0.05) is 30.3 Å². The highest BCUT2D eigenvalue weighted by atomic mass is 32.2. The van der Waals surface area contributed by atoms with Crippen LogP contribution in [0.3, 0.4) is 0 Å². The van der Waals surface area contributed by atoms with Gasteiger partial charge in [-0.15, -0.1) is 0 Å². The van der Waals surface area contributed by atoms with Crippen LogP contribution in [0.4, 0.5) is 5.69 Å². The molecular weight excluding hydrogens is 430 g/mol. The van der Waals surface area contributed by atoms with Gasteiger partial charge < -0.3 is 9.47 Å². The number of sulfonamides is 1. The van der Waals surface area contributed by atoms with Crippen LogP contribution < -0.4 is 19.2 Å². The fourth-order valence-corrected chi connectivity index (χ4v) is 4.34. The molecule has 32 heavy (non-hydrogen) atoms. The van der Waals surface area contributed by atoms with Gasteiger partial charge >= 0.3 is 0 Å². The summed E-state index contributed by atoms with van der Waals surface area (Å²) in [5.41, 5.74) is 3.36. The number of hydrazone groups is 1. The molecule has 8 nitrogen and oxygen atoms in total. The van der Waals surface area contributed by atoms with Gasteiger partial charge in [-0.25, -0.2) is 13.8 Å². The highest BCUT2D eigenvalue weighted by Crippen LogP contribution is 2.25. The molecule has 0 atom stereocenters. The van der Waals surface area contributed by atoms with Gasteiger partial charge in [0.2, 0.25) is 0 Å². The number of carbonyl (C=O) groups excluding carboxylic acids is 1. The Kier molecular flexibility index (Phi) is 7.45. The molecule has 0 saturated carbocycles. The quantitative estimate of drug-likeness (QED) is 0.397. The summed E-state index contributed by atoms with van der Waals surface area (Å²) in [6.07, 6.45) is 1.43. The van der Waals surface area contributed by atoms with E-state index in [0.717, 1.165) is 4.31 Å². The van der Waals surface area contributed by atoms with Crippen LogP contribution in [0.25, 0.3) is 0 Å². The van der Waals surface area contributed by atoms with Gasteiger partial charge in [0.15, 0.2) is 0 Å². The Bertz CT molecular complexity index is 1180. The van der Waals surface area contributed by atoms with E-state index in [1.807, 2.05) is 12.1 Å². The predicted octanol–water partition coefficient (Wildman–Crippen LogP) is 3.05. The Morgan fingerprint density at radius 1 is 0.938 bits per heavy atom. The van der Waals surface area contributed by atoms with Crippen LogP contribution in [-0.2, 0) is 14.8 Å². The second kappa shape index (κ2) is 10.5. The van der Waals surface area contributed by atoms with Gasteiger partial charge in [0.25, 0.3) is 15.9 Å². The highest BCUT2D eigenvalue weighted by molar-refractivity contribution is 7.92. The lowest BCUT2D eigenvalue weighted by atomic mass is 10.2. The highest BCUT2D eigenvalue weighted by Gasteiger charge is 2.27. The summed E-state index contributed by atoms with van der Waals surface area (Å²) < 4.78 is 37.9. The minimum Gasteiger partial charge on any atom is -0.497 e. The number of benzene rings is 3. The van der Waals surface area contributed by atoms with Crippen LogP contribution in [-0.4, -0.2) is 41.3 Å². The topological polar surface area (TPSA) is 97.3 Å². The van der Waals surface area contributed by atoms with Crippen molar-refractivity contribution >= 4 is 27.8 Å². The molecule has 1 N–H and O–H groups in total. The van der Waals surface area contributed by atoms with Gasteiger partial charge in [0, 0.05) is 5.56 Å².